The molecule has 0 fully saturated rings. The molecule has 56 valence electrons. The number of nitrogens with zero attached hydrogens (tertiary/aromatic N) is 1. The van der Waals surface area contributed by atoms with Gasteiger partial charge in [0.25, 0.3) is 0 Å². The molecule has 0 radical (unpaired) electrons. The number of rotatable bonds is 4. The van der Waals surface area contributed by atoms with Crippen molar-refractivity contribution in [3.05, 3.63) is 0 Å². The van der Waals surface area contributed by atoms with Gasteiger partial charge in [0.2, 0.25) is 0 Å². The molecule has 0 N–H and O–H groups in total. The Hall–Kier alpha value is -0.0400. The highest BCUT2D eigenvalue weighted by molar-refractivity contribution is 4.58. The van der Waals surface area contributed by atoms with E-state index in [-0.39, 0.29) is 0 Å². The highest BCUT2D eigenvalue weighted by Gasteiger charge is 2.02. The summed E-state index contributed by atoms with van der Waals surface area (Å²) in [7, 11) is 0. The fourth-order valence-electron chi connectivity index (χ4n) is 1.07. The highest BCUT2D eigenvalue weighted by atomic mass is 15.1. The van der Waals surface area contributed by atoms with Crippen LogP contribution in [0.5, 0.6) is 0 Å². The van der Waals surface area contributed by atoms with E-state index >= 15 is 0 Å². The Morgan fingerprint density at radius 2 is 1.78 bits per heavy atom. The van der Waals surface area contributed by atoms with Crippen molar-refractivity contribution in [2.45, 2.75) is 40.2 Å². The van der Waals surface area contributed by atoms with Crippen LogP contribution in [0.15, 0.2) is 0 Å². The molecule has 0 spiro atoms. The van der Waals surface area contributed by atoms with Crippen LogP contribution < -0.4 is 0 Å². The molecule has 0 saturated carbocycles. The summed E-state index contributed by atoms with van der Waals surface area (Å²) in [5.74, 6) is 0. The van der Waals surface area contributed by atoms with Crippen molar-refractivity contribution in [1.82, 2.24) is 4.90 Å². The molecule has 0 rings (SSSR count). The van der Waals surface area contributed by atoms with Crippen molar-refractivity contribution in [2.24, 2.45) is 0 Å². The summed E-state index contributed by atoms with van der Waals surface area (Å²) in [6.45, 7) is 11.4. The second-order valence-electron chi connectivity index (χ2n) is 2.72. The van der Waals surface area contributed by atoms with E-state index in [4.69, 9.17) is 0 Å². The first-order valence-corrected chi connectivity index (χ1v) is 3.96. The minimum atomic E-state index is 0.718. The lowest BCUT2D eigenvalue weighted by molar-refractivity contribution is 0.234. The molecule has 0 amide bonds. The van der Waals surface area contributed by atoms with Gasteiger partial charge in [-0.2, -0.15) is 0 Å². The van der Waals surface area contributed by atoms with Crippen molar-refractivity contribution in [3.8, 4) is 0 Å². The number of hydrogen-bond donors (Lipinski definition) is 0. The molecule has 0 unspecified atom stereocenters. The van der Waals surface area contributed by atoms with Gasteiger partial charge >= 0.3 is 0 Å². The van der Waals surface area contributed by atoms with Crippen molar-refractivity contribution in [2.75, 3.05) is 13.1 Å². The maximum absolute atomic E-state index is 2.47. The summed E-state index contributed by atoms with van der Waals surface area (Å²) in [5, 5.41) is 0. The van der Waals surface area contributed by atoms with Crippen LogP contribution in [0.2, 0.25) is 0 Å². The lowest BCUT2D eigenvalue weighted by Gasteiger charge is -2.23. The molecule has 0 aliphatic rings. The predicted molar refractivity (Wildman–Crippen MR) is 42.7 cm³/mol. The second kappa shape index (κ2) is 4.80. The fourth-order valence-corrected chi connectivity index (χ4v) is 1.07. The van der Waals surface area contributed by atoms with Gasteiger partial charge in [0.05, 0.1) is 0 Å². The van der Waals surface area contributed by atoms with Crippen LogP contribution in [0.1, 0.15) is 34.1 Å². The van der Waals surface area contributed by atoms with Gasteiger partial charge < -0.3 is 4.90 Å². The molecular weight excluding hydrogens is 110 g/mol. The van der Waals surface area contributed by atoms with Gasteiger partial charge in [0, 0.05) is 6.04 Å². The van der Waals surface area contributed by atoms with Gasteiger partial charge in [-0.3, -0.25) is 0 Å². The van der Waals surface area contributed by atoms with E-state index in [1.165, 1.54) is 19.5 Å². The van der Waals surface area contributed by atoms with Gasteiger partial charge in [-0.1, -0.05) is 13.8 Å². The molecule has 0 aromatic rings. The molecule has 0 aromatic carbocycles. The van der Waals surface area contributed by atoms with E-state index in [1.807, 2.05) is 0 Å². The van der Waals surface area contributed by atoms with Crippen molar-refractivity contribution in [1.29, 1.82) is 0 Å². The van der Waals surface area contributed by atoms with Crippen LogP contribution in [-0.2, 0) is 0 Å². The lowest BCUT2D eigenvalue weighted by atomic mass is 10.3. The van der Waals surface area contributed by atoms with E-state index in [0.717, 1.165) is 6.04 Å². The first kappa shape index (κ1) is 8.96. The highest BCUT2D eigenvalue weighted by Crippen LogP contribution is 1.97. The second-order valence-corrected chi connectivity index (χ2v) is 2.72. The average Bonchev–Trinajstić information content (AvgIpc) is 1.82. The van der Waals surface area contributed by atoms with E-state index in [2.05, 4.69) is 32.6 Å². The molecule has 9 heavy (non-hydrogen) atoms. The maximum atomic E-state index is 2.47. The third-order valence-corrected chi connectivity index (χ3v) is 1.65. The first-order chi connectivity index (χ1) is 4.22. The number of hydrogen-bond acceptors (Lipinski definition) is 1. The Labute approximate surface area is 59.1 Å². The van der Waals surface area contributed by atoms with Gasteiger partial charge in [-0.25, -0.2) is 0 Å². The van der Waals surface area contributed by atoms with Crippen molar-refractivity contribution < 1.29 is 0 Å². The summed E-state index contributed by atoms with van der Waals surface area (Å²) in [4.78, 5) is 2.47. The quantitative estimate of drug-likeness (QED) is 0.562. The monoisotopic (exact) mass is 129 g/mol. The molecule has 0 bridgehead atoms. The van der Waals surface area contributed by atoms with Gasteiger partial charge in [-0.15, -0.1) is 0 Å². The molecule has 0 aromatic heterocycles. The maximum Gasteiger partial charge on any atom is 0.00384 e. The van der Waals surface area contributed by atoms with Gasteiger partial charge in [0.15, 0.2) is 0 Å². The molecule has 1 nitrogen and oxygen atoms in total. The minimum Gasteiger partial charge on any atom is -0.301 e. The fraction of sp³-hybridized carbons (Fsp3) is 1.00. The Morgan fingerprint density at radius 3 is 1.89 bits per heavy atom. The van der Waals surface area contributed by atoms with E-state index in [0.29, 0.717) is 0 Å². The van der Waals surface area contributed by atoms with Gasteiger partial charge in [0.1, 0.15) is 0 Å². The third-order valence-electron chi connectivity index (χ3n) is 1.65. The molecule has 1 heteroatoms. The first-order valence-electron chi connectivity index (χ1n) is 3.96. The largest absolute Gasteiger partial charge is 0.301 e. The zero-order chi connectivity index (χ0) is 7.28. The van der Waals surface area contributed by atoms with Crippen LogP contribution in [0.25, 0.3) is 0 Å². The summed E-state index contributed by atoms with van der Waals surface area (Å²) in [6, 6.07) is 0.718. The molecule has 0 aliphatic carbocycles. The summed E-state index contributed by atoms with van der Waals surface area (Å²) < 4.78 is 0. The lowest BCUT2D eigenvalue weighted by Crippen LogP contribution is -2.31. The summed E-state index contributed by atoms with van der Waals surface area (Å²) >= 11 is 0. The van der Waals surface area contributed by atoms with Crippen LogP contribution in [0, 0.1) is 0 Å². The minimum absolute atomic E-state index is 0.718. The smallest absolute Gasteiger partial charge is 0.00384 e. The van der Waals surface area contributed by atoms with E-state index in [1.54, 1.807) is 0 Å². The molecule has 0 heterocycles. The Bertz CT molecular complexity index is 59.6. The van der Waals surface area contributed by atoms with Crippen LogP contribution in [0.3, 0.4) is 0 Å². The van der Waals surface area contributed by atoms with Crippen molar-refractivity contribution in [3.63, 3.8) is 0 Å². The molecule has 0 aliphatic heterocycles. The molecule has 0 saturated heterocycles. The van der Waals surface area contributed by atoms with Crippen molar-refractivity contribution >= 4 is 0 Å². The zero-order valence-corrected chi connectivity index (χ0v) is 7.15. The normalized spacial score (nSPS) is 11.3. The standard InChI is InChI=1S/C8H19N/c1-5-7-9(6-2)8(3)4/h8H,5-7H2,1-4H3. The Kier molecular flexibility index (Phi) is 4.78. The molecule has 0 atom stereocenters. The van der Waals surface area contributed by atoms with E-state index < -0.39 is 0 Å². The van der Waals surface area contributed by atoms with Crippen LogP contribution in [0.4, 0.5) is 0 Å². The van der Waals surface area contributed by atoms with Crippen LogP contribution in [-0.4, -0.2) is 24.0 Å². The average molecular weight is 129 g/mol. The molecular formula is C8H19N. The van der Waals surface area contributed by atoms with E-state index in [9.17, 15) is 0 Å². The third kappa shape index (κ3) is 3.52. The Balaban J connectivity index is 3.41. The summed E-state index contributed by atoms with van der Waals surface area (Å²) in [6.07, 6.45) is 1.27. The zero-order valence-electron chi connectivity index (χ0n) is 7.15. The SMILES string of the molecule is CCCN(CC)C(C)C. The van der Waals surface area contributed by atoms with Gasteiger partial charge in [-0.05, 0) is 33.4 Å². The topological polar surface area (TPSA) is 3.24 Å². The van der Waals surface area contributed by atoms with Crippen LogP contribution >= 0.6 is 0 Å². The Morgan fingerprint density at radius 1 is 1.22 bits per heavy atom. The summed E-state index contributed by atoms with van der Waals surface area (Å²) in [5.41, 5.74) is 0. The predicted octanol–water partition coefficient (Wildman–Crippen LogP) is 2.13.